The molecule has 4 atom stereocenters. The fourth-order valence-electron chi connectivity index (χ4n) is 4.63. The van der Waals surface area contributed by atoms with Gasteiger partial charge in [0.25, 0.3) is 0 Å². The number of hydrogen-bond acceptors (Lipinski definition) is 6. The lowest BCUT2D eigenvalue weighted by atomic mass is 10.00. The molecule has 0 saturated heterocycles. The Morgan fingerprint density at radius 3 is 2.10 bits per heavy atom. The molecule has 0 aliphatic carbocycles. The Bertz CT molecular complexity index is 1240. The van der Waals surface area contributed by atoms with Crippen LogP contribution in [-0.4, -0.2) is 70.5 Å². The molecule has 0 fully saturated rings. The van der Waals surface area contributed by atoms with Crippen LogP contribution in [0.2, 0.25) is 0 Å². The van der Waals surface area contributed by atoms with Crippen molar-refractivity contribution >= 4 is 40.6 Å². The fraction of sp³-hybridized carbons (Fsp3) is 0.552. The number of hydrogen-bond donors (Lipinski definition) is 8. The van der Waals surface area contributed by atoms with Gasteiger partial charge in [0, 0.05) is 30.1 Å². The summed E-state index contributed by atoms with van der Waals surface area (Å²) in [7, 11) is 0. The number of H-pyrrole nitrogens is 1. The van der Waals surface area contributed by atoms with Crippen LogP contribution in [0.1, 0.15) is 58.9 Å². The van der Waals surface area contributed by atoms with Crippen molar-refractivity contribution in [1.82, 2.24) is 20.9 Å². The molecule has 1 aromatic carbocycles. The number of aromatic amines is 1. The van der Waals surface area contributed by atoms with Crippen LogP contribution in [0.25, 0.3) is 10.9 Å². The van der Waals surface area contributed by atoms with Crippen LogP contribution in [0.4, 0.5) is 0 Å². The molecule has 13 nitrogen and oxygen atoms in total. The standard InChI is InChI=1S/C29H46N8O5/c1-16(2)12-20(30)25(38)35-22(10-7-11-33-29(31)32)26(39)36-23(13-17(3)4)27(40)37-24(28(41)42)14-18-15-34-21-9-6-5-8-19(18)21/h5-6,8-9,15-17,20,22-24,34H,7,10-14,30H2,1-4H3,(H,35,38)(H,36,39)(H,37,40)(H,41,42)(H4,31,32,33). The van der Waals surface area contributed by atoms with Gasteiger partial charge in [-0.2, -0.15) is 0 Å². The van der Waals surface area contributed by atoms with E-state index in [9.17, 15) is 24.3 Å². The first kappa shape index (κ1) is 34.1. The normalized spacial score (nSPS) is 14.2. The predicted octanol–water partition coefficient (Wildman–Crippen LogP) is 0.723. The minimum Gasteiger partial charge on any atom is -0.480 e. The molecule has 11 N–H and O–H groups in total. The summed E-state index contributed by atoms with van der Waals surface area (Å²) in [5, 5.41) is 18.8. The number of guanidine groups is 1. The van der Waals surface area contributed by atoms with Crippen LogP contribution in [0, 0.1) is 11.8 Å². The molecule has 4 unspecified atom stereocenters. The van der Waals surface area contributed by atoms with E-state index in [0.717, 1.165) is 16.5 Å². The lowest BCUT2D eigenvalue weighted by molar-refractivity contribution is -0.142. The fourth-order valence-corrected chi connectivity index (χ4v) is 4.63. The number of aromatic nitrogens is 1. The molecule has 1 heterocycles. The SMILES string of the molecule is CC(C)CC(N)C(=O)NC(CCCN=C(N)N)C(=O)NC(CC(C)C)C(=O)NC(Cc1c[nH]c2ccccc12)C(=O)O. The number of carbonyl (C=O) groups is 4. The molecule has 232 valence electrons. The summed E-state index contributed by atoms with van der Waals surface area (Å²) in [6.45, 7) is 7.87. The molecule has 1 aromatic heterocycles. The van der Waals surface area contributed by atoms with Gasteiger partial charge in [0.1, 0.15) is 18.1 Å². The second-order valence-electron chi connectivity index (χ2n) is 11.4. The van der Waals surface area contributed by atoms with Crippen LogP contribution in [0.3, 0.4) is 0 Å². The summed E-state index contributed by atoms with van der Waals surface area (Å²) in [6.07, 6.45) is 3.02. The van der Waals surface area contributed by atoms with Gasteiger partial charge < -0.3 is 43.2 Å². The lowest BCUT2D eigenvalue weighted by Gasteiger charge is -2.26. The Kier molecular flexibility index (Phi) is 13.3. The highest BCUT2D eigenvalue weighted by Crippen LogP contribution is 2.19. The molecular formula is C29H46N8O5. The molecule has 42 heavy (non-hydrogen) atoms. The number of carboxylic acid groups (broad SMARTS) is 1. The Morgan fingerprint density at radius 1 is 0.881 bits per heavy atom. The van der Waals surface area contributed by atoms with E-state index >= 15 is 0 Å². The molecule has 13 heteroatoms. The number of nitrogens with zero attached hydrogens (tertiary/aromatic N) is 1. The Balaban J connectivity index is 2.19. The summed E-state index contributed by atoms with van der Waals surface area (Å²) in [5.41, 5.74) is 18.4. The van der Waals surface area contributed by atoms with Gasteiger partial charge in [-0.05, 0) is 49.1 Å². The second kappa shape index (κ2) is 16.3. The van der Waals surface area contributed by atoms with Crippen LogP contribution in [-0.2, 0) is 25.6 Å². The van der Waals surface area contributed by atoms with Gasteiger partial charge in [0.15, 0.2) is 5.96 Å². The van der Waals surface area contributed by atoms with E-state index in [-0.39, 0.29) is 43.6 Å². The van der Waals surface area contributed by atoms with Crippen LogP contribution in [0.15, 0.2) is 35.5 Å². The number of aliphatic imine (C=N–C) groups is 1. The first-order valence-corrected chi connectivity index (χ1v) is 14.3. The zero-order valence-corrected chi connectivity index (χ0v) is 24.9. The summed E-state index contributed by atoms with van der Waals surface area (Å²) in [4.78, 5) is 58.7. The van der Waals surface area contributed by atoms with Gasteiger partial charge in [-0.3, -0.25) is 19.4 Å². The number of para-hydroxylation sites is 1. The third-order valence-electron chi connectivity index (χ3n) is 6.69. The van der Waals surface area contributed by atoms with Crippen LogP contribution in [0.5, 0.6) is 0 Å². The van der Waals surface area contributed by atoms with Gasteiger partial charge in [-0.1, -0.05) is 45.9 Å². The minimum atomic E-state index is -1.23. The van der Waals surface area contributed by atoms with E-state index < -0.39 is 47.9 Å². The summed E-state index contributed by atoms with van der Waals surface area (Å²) in [5.74, 6) is -2.83. The second-order valence-corrected chi connectivity index (χ2v) is 11.4. The smallest absolute Gasteiger partial charge is 0.326 e. The minimum absolute atomic E-state index is 0.00711. The van der Waals surface area contributed by atoms with Gasteiger partial charge in [0.05, 0.1) is 6.04 Å². The van der Waals surface area contributed by atoms with Crippen LogP contribution < -0.4 is 33.2 Å². The number of nitrogens with two attached hydrogens (primary N) is 3. The monoisotopic (exact) mass is 586 g/mol. The number of carbonyl (C=O) groups excluding carboxylic acids is 3. The van der Waals surface area contributed by atoms with E-state index in [0.29, 0.717) is 12.8 Å². The van der Waals surface area contributed by atoms with E-state index in [4.69, 9.17) is 17.2 Å². The summed E-state index contributed by atoms with van der Waals surface area (Å²) >= 11 is 0. The maximum absolute atomic E-state index is 13.4. The highest BCUT2D eigenvalue weighted by atomic mass is 16.4. The van der Waals surface area contributed by atoms with E-state index in [1.54, 1.807) is 6.20 Å². The Morgan fingerprint density at radius 2 is 1.48 bits per heavy atom. The number of nitrogens with one attached hydrogen (secondary N) is 4. The third kappa shape index (κ3) is 11.0. The van der Waals surface area contributed by atoms with Gasteiger partial charge >= 0.3 is 5.97 Å². The van der Waals surface area contributed by atoms with Gasteiger partial charge in [-0.15, -0.1) is 0 Å². The molecule has 2 rings (SSSR count). The van der Waals surface area contributed by atoms with Crippen molar-refractivity contribution in [1.29, 1.82) is 0 Å². The number of carboxylic acids is 1. The van der Waals surface area contributed by atoms with Crippen molar-refractivity contribution in [2.24, 2.45) is 34.0 Å². The zero-order chi connectivity index (χ0) is 31.4. The van der Waals surface area contributed by atoms with E-state index in [1.165, 1.54) is 0 Å². The quantitative estimate of drug-likeness (QED) is 0.0746. The molecule has 0 radical (unpaired) electrons. The molecule has 3 amide bonds. The zero-order valence-electron chi connectivity index (χ0n) is 24.9. The number of fused-ring (bicyclic) bond motifs is 1. The molecule has 0 aliphatic heterocycles. The molecule has 0 spiro atoms. The predicted molar refractivity (Wildman–Crippen MR) is 162 cm³/mol. The molecule has 0 aliphatic rings. The maximum Gasteiger partial charge on any atom is 0.326 e. The number of amides is 3. The molecule has 2 aromatic rings. The number of rotatable bonds is 17. The first-order chi connectivity index (χ1) is 19.8. The van der Waals surface area contributed by atoms with E-state index in [1.807, 2.05) is 52.0 Å². The summed E-state index contributed by atoms with van der Waals surface area (Å²) < 4.78 is 0. The molecule has 0 bridgehead atoms. The molecule has 0 saturated carbocycles. The topological polar surface area (TPSA) is 231 Å². The Hall–Kier alpha value is -4.13. The lowest BCUT2D eigenvalue weighted by Crippen LogP contribution is -2.57. The van der Waals surface area contributed by atoms with Crippen molar-refractivity contribution < 1.29 is 24.3 Å². The number of benzene rings is 1. The third-order valence-corrected chi connectivity index (χ3v) is 6.69. The molecular weight excluding hydrogens is 540 g/mol. The number of aliphatic carboxylic acids is 1. The highest BCUT2D eigenvalue weighted by molar-refractivity contribution is 5.94. The maximum atomic E-state index is 13.4. The Labute approximate surface area is 246 Å². The van der Waals surface area contributed by atoms with E-state index in [2.05, 4.69) is 25.9 Å². The average molecular weight is 587 g/mol. The average Bonchev–Trinajstić information content (AvgIpc) is 3.31. The van der Waals surface area contributed by atoms with Gasteiger partial charge in [0.2, 0.25) is 17.7 Å². The highest BCUT2D eigenvalue weighted by Gasteiger charge is 2.31. The van der Waals surface area contributed by atoms with Crippen molar-refractivity contribution in [3.63, 3.8) is 0 Å². The van der Waals surface area contributed by atoms with Crippen molar-refractivity contribution in [3.05, 3.63) is 36.0 Å². The van der Waals surface area contributed by atoms with Crippen LogP contribution >= 0.6 is 0 Å². The largest absolute Gasteiger partial charge is 0.480 e. The first-order valence-electron chi connectivity index (χ1n) is 14.3. The van der Waals surface area contributed by atoms with Gasteiger partial charge in [-0.25, -0.2) is 4.79 Å². The van der Waals surface area contributed by atoms with Crippen molar-refractivity contribution in [2.75, 3.05) is 6.54 Å². The van der Waals surface area contributed by atoms with Crippen molar-refractivity contribution in [3.8, 4) is 0 Å². The van der Waals surface area contributed by atoms with Crippen molar-refractivity contribution in [2.45, 2.75) is 84.0 Å². The summed E-state index contributed by atoms with van der Waals surface area (Å²) in [6, 6.07) is 3.39.